The predicted octanol–water partition coefficient (Wildman–Crippen LogP) is 7.94. The molecule has 0 aliphatic heterocycles. The number of hydrogen-bond acceptors (Lipinski definition) is 3. The minimum absolute atomic E-state index is 0.00476. The molecule has 184 valence electrons. The number of nitrogens with zero attached hydrogens (tertiary/aromatic N) is 2. The number of allylic oxidation sites excluding steroid dienone is 2. The highest BCUT2D eigenvalue weighted by molar-refractivity contribution is 5.73. The SMILES string of the molecule is C/C=C/CCc1cnc(-c2ccc(-c3ccc(-c4ccc(OCC)c(F)c4F)cc3F)c(F)c2)nc1. The number of benzene rings is 3. The predicted molar refractivity (Wildman–Crippen MR) is 132 cm³/mol. The highest BCUT2D eigenvalue weighted by Crippen LogP contribution is 2.34. The van der Waals surface area contributed by atoms with Gasteiger partial charge in [0.25, 0.3) is 0 Å². The van der Waals surface area contributed by atoms with E-state index in [0.29, 0.717) is 11.4 Å². The van der Waals surface area contributed by atoms with Crippen molar-refractivity contribution >= 4 is 0 Å². The first-order valence-corrected chi connectivity index (χ1v) is 11.6. The van der Waals surface area contributed by atoms with E-state index in [-0.39, 0.29) is 34.6 Å². The molecule has 0 amide bonds. The summed E-state index contributed by atoms with van der Waals surface area (Å²) >= 11 is 0. The molecule has 0 bridgehead atoms. The van der Waals surface area contributed by atoms with Gasteiger partial charge in [-0.3, -0.25) is 0 Å². The minimum Gasteiger partial charge on any atom is -0.491 e. The Labute approximate surface area is 207 Å². The van der Waals surface area contributed by atoms with Crippen molar-refractivity contribution in [3.63, 3.8) is 0 Å². The first kappa shape index (κ1) is 25.1. The normalized spacial score (nSPS) is 11.3. The molecule has 4 rings (SSSR count). The Morgan fingerprint density at radius 1 is 0.778 bits per heavy atom. The lowest BCUT2D eigenvalue weighted by atomic mass is 9.98. The molecule has 0 radical (unpaired) electrons. The lowest BCUT2D eigenvalue weighted by Gasteiger charge is -2.11. The monoisotopic (exact) mass is 492 g/mol. The second-order valence-electron chi connectivity index (χ2n) is 8.08. The van der Waals surface area contributed by atoms with Gasteiger partial charge in [0.15, 0.2) is 17.4 Å². The zero-order valence-electron chi connectivity index (χ0n) is 19.9. The Morgan fingerprint density at radius 2 is 1.39 bits per heavy atom. The van der Waals surface area contributed by atoms with Crippen molar-refractivity contribution in [3.05, 3.63) is 102 Å². The summed E-state index contributed by atoms with van der Waals surface area (Å²) in [4.78, 5) is 8.63. The van der Waals surface area contributed by atoms with Crippen LogP contribution in [0.3, 0.4) is 0 Å². The lowest BCUT2D eigenvalue weighted by molar-refractivity contribution is 0.314. The van der Waals surface area contributed by atoms with Gasteiger partial charge in [0.2, 0.25) is 5.82 Å². The highest BCUT2D eigenvalue weighted by atomic mass is 19.2. The minimum atomic E-state index is -1.14. The van der Waals surface area contributed by atoms with Crippen LogP contribution in [-0.2, 0) is 6.42 Å². The van der Waals surface area contributed by atoms with Gasteiger partial charge in [-0.15, -0.1) is 0 Å². The molecule has 7 heteroatoms. The molecule has 0 aliphatic carbocycles. The maximum absolute atomic E-state index is 15.0. The smallest absolute Gasteiger partial charge is 0.201 e. The number of aryl methyl sites for hydroxylation is 1. The summed E-state index contributed by atoms with van der Waals surface area (Å²) in [5.41, 5.74) is 1.46. The summed E-state index contributed by atoms with van der Waals surface area (Å²) in [6, 6.07) is 10.7. The molecule has 0 saturated heterocycles. The number of ether oxygens (including phenoxy) is 1. The maximum Gasteiger partial charge on any atom is 0.201 e. The zero-order chi connectivity index (χ0) is 25.7. The van der Waals surface area contributed by atoms with Crippen molar-refractivity contribution in [1.82, 2.24) is 9.97 Å². The van der Waals surface area contributed by atoms with Gasteiger partial charge in [-0.05, 0) is 62.1 Å². The molecule has 0 saturated carbocycles. The molecule has 4 aromatic rings. The molecule has 0 atom stereocenters. The van der Waals surface area contributed by atoms with E-state index in [2.05, 4.69) is 16.0 Å². The number of halogens is 4. The van der Waals surface area contributed by atoms with Gasteiger partial charge in [-0.1, -0.05) is 36.4 Å². The average molecular weight is 493 g/mol. The van der Waals surface area contributed by atoms with Gasteiger partial charge < -0.3 is 4.74 Å². The Kier molecular flexibility index (Phi) is 7.78. The van der Waals surface area contributed by atoms with Gasteiger partial charge in [-0.25, -0.2) is 23.1 Å². The van der Waals surface area contributed by atoms with E-state index in [1.54, 1.807) is 25.4 Å². The molecular weight excluding hydrogens is 468 g/mol. The number of hydrogen-bond donors (Lipinski definition) is 0. The van der Waals surface area contributed by atoms with E-state index in [1.165, 1.54) is 36.4 Å². The van der Waals surface area contributed by atoms with Gasteiger partial charge >= 0.3 is 0 Å². The Hall–Kier alpha value is -4.00. The van der Waals surface area contributed by atoms with Crippen LogP contribution >= 0.6 is 0 Å². The standard InChI is InChI=1S/C29H24F4N2O/c1-3-5-6-7-18-16-34-29(35-17-18)20-9-11-23(25(31)15-20)22-10-8-19(14-24(22)30)21-12-13-26(36-4-2)28(33)27(21)32/h3,5,8-17H,4,6-7H2,1-2H3/b5-3+. The van der Waals surface area contributed by atoms with E-state index in [9.17, 15) is 17.6 Å². The highest BCUT2D eigenvalue weighted by Gasteiger charge is 2.18. The summed E-state index contributed by atoms with van der Waals surface area (Å²) in [5, 5.41) is 0. The average Bonchev–Trinajstić information content (AvgIpc) is 2.88. The van der Waals surface area contributed by atoms with E-state index in [4.69, 9.17) is 4.74 Å². The molecule has 1 heterocycles. The van der Waals surface area contributed by atoms with Gasteiger partial charge in [0.05, 0.1) is 6.61 Å². The summed E-state index contributed by atoms with van der Waals surface area (Å²) in [6.07, 6.45) is 9.14. The Balaban J connectivity index is 1.59. The number of rotatable bonds is 8. The Bertz CT molecular complexity index is 1400. The molecule has 36 heavy (non-hydrogen) atoms. The molecule has 0 N–H and O–H groups in total. The maximum atomic E-state index is 15.0. The molecule has 3 aromatic carbocycles. The second-order valence-corrected chi connectivity index (χ2v) is 8.08. The van der Waals surface area contributed by atoms with E-state index in [1.807, 2.05) is 13.0 Å². The van der Waals surface area contributed by atoms with Crippen molar-refractivity contribution in [1.29, 1.82) is 0 Å². The molecule has 0 aliphatic rings. The van der Waals surface area contributed by atoms with Gasteiger partial charge in [0.1, 0.15) is 11.6 Å². The molecule has 0 unspecified atom stereocenters. The number of aromatic nitrogens is 2. The van der Waals surface area contributed by atoms with Crippen molar-refractivity contribution in [2.24, 2.45) is 0 Å². The first-order chi connectivity index (χ1) is 17.4. The van der Waals surface area contributed by atoms with Gasteiger partial charge in [-0.2, -0.15) is 4.39 Å². The molecule has 0 fully saturated rings. The van der Waals surface area contributed by atoms with Crippen LogP contribution < -0.4 is 4.74 Å². The third-order valence-corrected chi connectivity index (χ3v) is 5.68. The van der Waals surface area contributed by atoms with E-state index >= 15 is 0 Å². The van der Waals surface area contributed by atoms with Crippen LogP contribution in [0.5, 0.6) is 5.75 Å². The molecule has 3 nitrogen and oxygen atoms in total. The largest absolute Gasteiger partial charge is 0.491 e. The third kappa shape index (κ3) is 5.30. The quantitative estimate of drug-likeness (QED) is 0.185. The van der Waals surface area contributed by atoms with Gasteiger partial charge in [0, 0.05) is 34.6 Å². The fourth-order valence-corrected chi connectivity index (χ4v) is 3.84. The van der Waals surface area contributed by atoms with Crippen LogP contribution in [0.25, 0.3) is 33.6 Å². The first-order valence-electron chi connectivity index (χ1n) is 11.6. The van der Waals surface area contributed by atoms with Crippen molar-refractivity contribution in [3.8, 4) is 39.4 Å². The topological polar surface area (TPSA) is 35.0 Å². The van der Waals surface area contributed by atoms with Crippen LogP contribution in [0.1, 0.15) is 25.8 Å². The van der Waals surface area contributed by atoms with E-state index < -0.39 is 23.3 Å². The Morgan fingerprint density at radius 3 is 2.00 bits per heavy atom. The zero-order valence-corrected chi connectivity index (χ0v) is 19.9. The lowest BCUT2D eigenvalue weighted by Crippen LogP contribution is -1.99. The fourth-order valence-electron chi connectivity index (χ4n) is 3.84. The summed E-state index contributed by atoms with van der Waals surface area (Å²) < 4.78 is 63.8. The molecule has 1 aromatic heterocycles. The van der Waals surface area contributed by atoms with Crippen molar-refractivity contribution < 1.29 is 22.3 Å². The van der Waals surface area contributed by atoms with Crippen LogP contribution in [0.15, 0.2) is 73.1 Å². The van der Waals surface area contributed by atoms with Crippen LogP contribution in [0.4, 0.5) is 17.6 Å². The van der Waals surface area contributed by atoms with Crippen LogP contribution in [0, 0.1) is 23.3 Å². The van der Waals surface area contributed by atoms with Crippen molar-refractivity contribution in [2.75, 3.05) is 6.61 Å². The van der Waals surface area contributed by atoms with Crippen LogP contribution in [0.2, 0.25) is 0 Å². The summed E-state index contributed by atoms with van der Waals surface area (Å²) in [7, 11) is 0. The molecule has 0 spiro atoms. The van der Waals surface area contributed by atoms with Crippen LogP contribution in [-0.4, -0.2) is 16.6 Å². The summed E-state index contributed by atoms with van der Waals surface area (Å²) in [6.45, 7) is 3.79. The van der Waals surface area contributed by atoms with E-state index in [0.717, 1.165) is 24.5 Å². The van der Waals surface area contributed by atoms with Crippen molar-refractivity contribution in [2.45, 2.75) is 26.7 Å². The fraction of sp³-hybridized carbons (Fsp3) is 0.172. The second kappa shape index (κ2) is 11.2. The molecular formula is C29H24F4N2O. The third-order valence-electron chi connectivity index (χ3n) is 5.68. The summed E-state index contributed by atoms with van der Waals surface area (Å²) in [5.74, 6) is -3.57.